The van der Waals surface area contributed by atoms with Crippen LogP contribution in [0.5, 0.6) is 5.75 Å². The molecule has 0 aliphatic heterocycles. The summed E-state index contributed by atoms with van der Waals surface area (Å²) in [6, 6.07) is 11.9. The largest absolute Gasteiger partial charge is 1.00 e. The predicted octanol–water partition coefficient (Wildman–Crippen LogP) is -1.24. The molecular weight excluding hydrogens is 327 g/mol. The standard InChI is InChI=1S/C13H15N2O.HI/c1-12-5-4-6-13(11-12)16-10-9-15-8-3-2-7-14-15;/h2-8,11H,9-10H2,1H3;1H/q+1;/p-1. The first-order chi connectivity index (χ1) is 7.84. The van der Waals surface area contributed by atoms with Crippen molar-refractivity contribution in [1.29, 1.82) is 0 Å². The summed E-state index contributed by atoms with van der Waals surface area (Å²) in [7, 11) is 0. The van der Waals surface area contributed by atoms with E-state index < -0.39 is 0 Å². The van der Waals surface area contributed by atoms with Gasteiger partial charge in [0.25, 0.3) is 0 Å². The second-order valence-corrected chi connectivity index (χ2v) is 3.63. The number of hydrogen-bond acceptors (Lipinski definition) is 2. The maximum atomic E-state index is 5.63. The minimum absolute atomic E-state index is 0. The van der Waals surface area contributed by atoms with Crippen LogP contribution in [0, 0.1) is 6.92 Å². The van der Waals surface area contributed by atoms with Gasteiger partial charge in [-0.1, -0.05) is 16.8 Å². The van der Waals surface area contributed by atoms with Crippen molar-refractivity contribution in [3.63, 3.8) is 0 Å². The molecule has 0 atom stereocenters. The van der Waals surface area contributed by atoms with Gasteiger partial charge in [-0.25, -0.2) is 0 Å². The highest BCUT2D eigenvalue weighted by molar-refractivity contribution is 5.27. The minimum Gasteiger partial charge on any atom is -1.00 e. The average Bonchev–Trinajstić information content (AvgIpc) is 2.30. The summed E-state index contributed by atoms with van der Waals surface area (Å²) in [6.45, 7) is 3.44. The van der Waals surface area contributed by atoms with Gasteiger partial charge in [0.15, 0.2) is 6.20 Å². The fourth-order valence-corrected chi connectivity index (χ4v) is 1.46. The number of benzene rings is 1. The maximum absolute atomic E-state index is 5.63. The molecule has 1 heterocycles. The van der Waals surface area contributed by atoms with Gasteiger partial charge in [-0.2, -0.15) is 0 Å². The lowest BCUT2D eigenvalue weighted by molar-refractivity contribution is -0.754. The molecule has 0 saturated heterocycles. The van der Waals surface area contributed by atoms with Gasteiger partial charge in [0, 0.05) is 6.07 Å². The number of halogens is 1. The summed E-state index contributed by atoms with van der Waals surface area (Å²) in [6.07, 6.45) is 3.70. The summed E-state index contributed by atoms with van der Waals surface area (Å²) in [5.41, 5.74) is 1.21. The van der Waals surface area contributed by atoms with Crippen LogP contribution in [0.1, 0.15) is 5.56 Å². The lowest BCUT2D eigenvalue weighted by Gasteiger charge is -2.03. The number of aromatic nitrogens is 2. The number of rotatable bonds is 4. The van der Waals surface area contributed by atoms with Gasteiger partial charge in [0.1, 0.15) is 12.4 Å². The lowest BCUT2D eigenvalue weighted by Crippen LogP contribution is -3.00. The number of hydrogen-bond donors (Lipinski definition) is 0. The van der Waals surface area contributed by atoms with E-state index in [-0.39, 0.29) is 24.0 Å². The van der Waals surface area contributed by atoms with E-state index in [1.165, 1.54) is 5.56 Å². The monoisotopic (exact) mass is 342 g/mol. The molecule has 4 heteroatoms. The normalized spacial score (nSPS) is 9.47. The van der Waals surface area contributed by atoms with Crippen molar-refractivity contribution in [1.82, 2.24) is 5.10 Å². The molecule has 0 unspecified atom stereocenters. The van der Waals surface area contributed by atoms with E-state index >= 15 is 0 Å². The Bertz CT molecular complexity index is 448. The van der Waals surface area contributed by atoms with Crippen molar-refractivity contribution < 1.29 is 33.4 Å². The number of aryl methyl sites for hydroxylation is 1. The Balaban J connectivity index is 0.00000144. The van der Waals surface area contributed by atoms with Crippen LogP contribution in [0.25, 0.3) is 0 Å². The van der Waals surface area contributed by atoms with Crippen LogP contribution in [0.4, 0.5) is 0 Å². The average molecular weight is 342 g/mol. The molecule has 0 aliphatic rings. The molecule has 0 aliphatic carbocycles. The minimum atomic E-state index is 0. The van der Waals surface area contributed by atoms with Crippen molar-refractivity contribution in [3.05, 3.63) is 54.4 Å². The summed E-state index contributed by atoms with van der Waals surface area (Å²) >= 11 is 0. The van der Waals surface area contributed by atoms with E-state index in [1.807, 2.05) is 41.2 Å². The first-order valence-electron chi connectivity index (χ1n) is 5.35. The van der Waals surface area contributed by atoms with Crippen molar-refractivity contribution in [3.8, 4) is 5.75 Å². The molecule has 0 fully saturated rings. The van der Waals surface area contributed by atoms with Gasteiger partial charge >= 0.3 is 0 Å². The summed E-state index contributed by atoms with van der Waals surface area (Å²) in [5.74, 6) is 0.913. The van der Waals surface area contributed by atoms with E-state index in [0.29, 0.717) is 6.61 Å². The van der Waals surface area contributed by atoms with Crippen LogP contribution in [-0.2, 0) is 6.54 Å². The van der Waals surface area contributed by atoms with E-state index in [9.17, 15) is 0 Å². The Hall–Kier alpha value is -1.17. The maximum Gasteiger partial charge on any atom is 0.207 e. The molecule has 3 nitrogen and oxygen atoms in total. The van der Waals surface area contributed by atoms with E-state index in [0.717, 1.165) is 12.3 Å². The molecule has 0 saturated carbocycles. The van der Waals surface area contributed by atoms with Crippen LogP contribution in [-0.4, -0.2) is 11.7 Å². The van der Waals surface area contributed by atoms with Gasteiger partial charge in [-0.05, 0) is 35.8 Å². The van der Waals surface area contributed by atoms with Crippen molar-refractivity contribution in [2.45, 2.75) is 13.5 Å². The van der Waals surface area contributed by atoms with Gasteiger partial charge in [-0.3, -0.25) is 0 Å². The third-order valence-corrected chi connectivity index (χ3v) is 2.25. The smallest absolute Gasteiger partial charge is 0.207 e. The fraction of sp³-hybridized carbons (Fsp3) is 0.231. The highest BCUT2D eigenvalue weighted by atomic mass is 127. The molecule has 0 amide bonds. The Morgan fingerprint density at radius 3 is 2.82 bits per heavy atom. The highest BCUT2D eigenvalue weighted by Crippen LogP contribution is 2.11. The van der Waals surface area contributed by atoms with Gasteiger partial charge in [-0.15, -0.1) is 0 Å². The number of nitrogens with zero attached hydrogens (tertiary/aromatic N) is 2. The topological polar surface area (TPSA) is 26.0 Å². The van der Waals surface area contributed by atoms with E-state index in [1.54, 1.807) is 6.20 Å². The van der Waals surface area contributed by atoms with Crippen LogP contribution < -0.4 is 33.4 Å². The molecule has 0 bridgehead atoms. The zero-order valence-electron chi connectivity index (χ0n) is 9.71. The lowest BCUT2D eigenvalue weighted by atomic mass is 10.2. The second kappa shape index (κ2) is 7.21. The third-order valence-electron chi connectivity index (χ3n) is 2.25. The van der Waals surface area contributed by atoms with Gasteiger partial charge in [0.2, 0.25) is 6.54 Å². The van der Waals surface area contributed by atoms with E-state index in [4.69, 9.17) is 4.74 Å². The summed E-state index contributed by atoms with van der Waals surface area (Å²) in [4.78, 5) is 0. The summed E-state index contributed by atoms with van der Waals surface area (Å²) < 4.78 is 7.49. The predicted molar refractivity (Wildman–Crippen MR) is 61.1 cm³/mol. The second-order valence-electron chi connectivity index (χ2n) is 3.63. The molecule has 90 valence electrons. The molecular formula is C13H15IN2O. The summed E-state index contributed by atoms with van der Waals surface area (Å²) in [5, 5.41) is 4.16. The molecule has 1 aromatic heterocycles. The Kier molecular flexibility index (Phi) is 5.90. The SMILES string of the molecule is Cc1cccc(OCC[n+]2ccccn2)c1.[I-]. The zero-order chi connectivity index (χ0) is 11.2. The van der Waals surface area contributed by atoms with Gasteiger partial charge < -0.3 is 28.7 Å². The molecule has 0 radical (unpaired) electrons. The van der Waals surface area contributed by atoms with E-state index in [2.05, 4.69) is 18.1 Å². The fourth-order valence-electron chi connectivity index (χ4n) is 1.46. The van der Waals surface area contributed by atoms with Crippen molar-refractivity contribution in [2.24, 2.45) is 0 Å². The van der Waals surface area contributed by atoms with Crippen molar-refractivity contribution >= 4 is 0 Å². The zero-order valence-corrected chi connectivity index (χ0v) is 11.9. The Morgan fingerprint density at radius 1 is 1.24 bits per heavy atom. The first kappa shape index (κ1) is 13.9. The van der Waals surface area contributed by atoms with Crippen LogP contribution in [0.15, 0.2) is 48.8 Å². The molecule has 17 heavy (non-hydrogen) atoms. The van der Waals surface area contributed by atoms with Crippen molar-refractivity contribution in [2.75, 3.05) is 6.61 Å². The Morgan fingerprint density at radius 2 is 2.12 bits per heavy atom. The molecule has 0 N–H and O–H groups in total. The van der Waals surface area contributed by atoms with Gasteiger partial charge in [0.05, 0.1) is 6.20 Å². The number of ether oxygens (including phenoxy) is 1. The molecule has 2 aromatic rings. The third kappa shape index (κ3) is 4.68. The first-order valence-corrected chi connectivity index (χ1v) is 5.35. The van der Waals surface area contributed by atoms with Crippen LogP contribution in [0.3, 0.4) is 0 Å². The molecule has 1 aromatic carbocycles. The highest BCUT2D eigenvalue weighted by Gasteiger charge is 2.00. The molecule has 0 spiro atoms. The van der Waals surface area contributed by atoms with Crippen LogP contribution in [0.2, 0.25) is 0 Å². The Labute approximate surface area is 118 Å². The molecule has 2 rings (SSSR count). The van der Waals surface area contributed by atoms with Crippen LogP contribution >= 0.6 is 0 Å². The quantitative estimate of drug-likeness (QED) is 0.513.